The normalized spacial score (nSPS) is 16.4. The molecule has 0 unspecified atom stereocenters. The van der Waals surface area contributed by atoms with Crippen LogP contribution >= 0.6 is 11.6 Å². The number of pyridine rings is 1. The Morgan fingerprint density at radius 2 is 2.02 bits per heavy atom. The fraction of sp³-hybridized carbons (Fsp3) is 0.290. The van der Waals surface area contributed by atoms with Crippen LogP contribution < -0.4 is 15.3 Å². The standard InChI is InChI=1S/C31H29ClFN5O3/c1-5-24(39)36-12-13-37(18(4)15-36)30-20-14-21(32)26-25-19(8-6-9-22(25)33)16-41-29(26)28(20)38(31(40)35-30)23-10-7-11-34-27(23)17(2)3/h5-11,14,17-18H,1,12-13,15-16H2,2-4H3/t18-/m0/s1. The highest BCUT2D eigenvalue weighted by atomic mass is 35.5. The number of benzene rings is 2. The van der Waals surface area contributed by atoms with E-state index in [0.717, 1.165) is 0 Å². The van der Waals surface area contributed by atoms with Crippen molar-refractivity contribution in [1.29, 1.82) is 0 Å². The van der Waals surface area contributed by atoms with Gasteiger partial charge in [-0.3, -0.25) is 14.3 Å². The molecule has 1 fully saturated rings. The molecule has 2 aromatic heterocycles. The smallest absolute Gasteiger partial charge is 0.354 e. The summed E-state index contributed by atoms with van der Waals surface area (Å²) >= 11 is 6.91. The third-order valence-corrected chi connectivity index (χ3v) is 8.07. The molecular formula is C31H29ClFN5O3. The summed E-state index contributed by atoms with van der Waals surface area (Å²) in [5, 5.41) is 0.872. The minimum atomic E-state index is -0.522. The number of nitrogens with zero attached hydrogens (tertiary/aromatic N) is 5. The van der Waals surface area contributed by atoms with E-state index in [1.807, 2.05) is 31.7 Å². The summed E-state index contributed by atoms with van der Waals surface area (Å²) in [5.74, 6) is 0.191. The van der Waals surface area contributed by atoms with Crippen LogP contribution in [0.25, 0.3) is 27.7 Å². The van der Waals surface area contributed by atoms with Gasteiger partial charge in [0.05, 0.1) is 16.4 Å². The lowest BCUT2D eigenvalue weighted by molar-refractivity contribution is -0.126. The van der Waals surface area contributed by atoms with Gasteiger partial charge in [-0.05, 0) is 43.2 Å². The highest BCUT2D eigenvalue weighted by Gasteiger charge is 2.33. The van der Waals surface area contributed by atoms with Crippen molar-refractivity contribution in [1.82, 2.24) is 19.4 Å². The van der Waals surface area contributed by atoms with Gasteiger partial charge in [-0.2, -0.15) is 4.98 Å². The Bertz CT molecular complexity index is 1790. The van der Waals surface area contributed by atoms with Crippen molar-refractivity contribution in [3.63, 3.8) is 0 Å². The van der Waals surface area contributed by atoms with Crippen molar-refractivity contribution < 1.29 is 13.9 Å². The van der Waals surface area contributed by atoms with Gasteiger partial charge < -0.3 is 14.5 Å². The van der Waals surface area contributed by atoms with E-state index in [-0.39, 0.29) is 29.5 Å². The van der Waals surface area contributed by atoms with E-state index in [1.165, 1.54) is 16.7 Å². The number of hydrogen-bond donors (Lipinski definition) is 0. The SMILES string of the molecule is C=CC(=O)N1CCN(c2nc(=O)n(-c3cccnc3C(C)C)c3c4c(c(Cl)cc23)-c2c(F)cccc2CO4)[C@@H](C)C1. The van der Waals surface area contributed by atoms with E-state index in [0.29, 0.717) is 70.2 Å². The first kappa shape index (κ1) is 27.0. The number of aromatic nitrogens is 3. The molecule has 2 aromatic carbocycles. The molecule has 1 saturated heterocycles. The zero-order chi connectivity index (χ0) is 29.0. The summed E-state index contributed by atoms with van der Waals surface area (Å²) < 4.78 is 23.1. The Morgan fingerprint density at radius 3 is 2.76 bits per heavy atom. The van der Waals surface area contributed by atoms with Gasteiger partial charge in [0.15, 0.2) is 5.75 Å². The van der Waals surface area contributed by atoms with E-state index >= 15 is 4.39 Å². The van der Waals surface area contributed by atoms with Crippen LogP contribution in [0.4, 0.5) is 10.2 Å². The highest BCUT2D eigenvalue weighted by molar-refractivity contribution is 6.35. The predicted octanol–water partition coefficient (Wildman–Crippen LogP) is 5.48. The molecule has 2 aliphatic heterocycles. The molecule has 1 atom stereocenters. The van der Waals surface area contributed by atoms with Gasteiger partial charge in [-0.1, -0.05) is 44.2 Å². The number of anilines is 1. The first-order valence-corrected chi connectivity index (χ1v) is 13.9. The summed E-state index contributed by atoms with van der Waals surface area (Å²) in [6.07, 6.45) is 2.99. The molecule has 0 N–H and O–H groups in total. The van der Waals surface area contributed by atoms with Gasteiger partial charge in [0.25, 0.3) is 0 Å². The van der Waals surface area contributed by atoms with Crippen molar-refractivity contribution in [2.45, 2.75) is 39.3 Å². The van der Waals surface area contributed by atoms with E-state index in [4.69, 9.17) is 16.3 Å². The first-order valence-electron chi connectivity index (χ1n) is 13.5. The fourth-order valence-corrected chi connectivity index (χ4v) is 6.17. The second-order valence-corrected chi connectivity index (χ2v) is 11.1. The van der Waals surface area contributed by atoms with Crippen LogP contribution in [0.2, 0.25) is 5.02 Å². The quantitative estimate of drug-likeness (QED) is 0.301. The predicted molar refractivity (Wildman–Crippen MR) is 158 cm³/mol. The Labute approximate surface area is 241 Å². The van der Waals surface area contributed by atoms with Gasteiger partial charge >= 0.3 is 5.69 Å². The van der Waals surface area contributed by atoms with E-state index in [2.05, 4.69) is 16.5 Å². The molecule has 6 rings (SSSR count). The highest BCUT2D eigenvalue weighted by Crippen LogP contribution is 2.49. The summed E-state index contributed by atoms with van der Waals surface area (Å²) in [6.45, 7) is 11.0. The number of piperazine rings is 1. The largest absolute Gasteiger partial charge is 0.486 e. The number of fused-ring (bicyclic) bond motifs is 5. The molecule has 4 aromatic rings. The molecule has 0 bridgehead atoms. The molecule has 0 radical (unpaired) electrons. The van der Waals surface area contributed by atoms with Crippen LogP contribution in [0, 0.1) is 5.82 Å². The number of carbonyl (C=O) groups is 1. The fourth-order valence-electron chi connectivity index (χ4n) is 5.88. The van der Waals surface area contributed by atoms with E-state index in [1.54, 1.807) is 35.4 Å². The molecule has 4 heterocycles. The molecule has 210 valence electrons. The number of rotatable bonds is 4. The minimum absolute atomic E-state index is 0.00513. The van der Waals surface area contributed by atoms with Crippen molar-refractivity contribution in [2.24, 2.45) is 0 Å². The third-order valence-electron chi connectivity index (χ3n) is 7.78. The van der Waals surface area contributed by atoms with E-state index < -0.39 is 11.5 Å². The maximum absolute atomic E-state index is 15.3. The van der Waals surface area contributed by atoms with E-state index in [9.17, 15) is 9.59 Å². The summed E-state index contributed by atoms with van der Waals surface area (Å²) in [6, 6.07) is 10.0. The minimum Gasteiger partial charge on any atom is -0.486 e. The van der Waals surface area contributed by atoms with Gasteiger partial charge in [-0.15, -0.1) is 0 Å². The summed E-state index contributed by atoms with van der Waals surface area (Å²) in [4.78, 5) is 39.2. The maximum Gasteiger partial charge on any atom is 0.354 e. The van der Waals surface area contributed by atoms with Crippen molar-refractivity contribution in [3.8, 4) is 22.6 Å². The monoisotopic (exact) mass is 573 g/mol. The zero-order valence-electron chi connectivity index (χ0n) is 23.0. The van der Waals surface area contributed by atoms with Crippen LogP contribution in [0.15, 0.2) is 60.0 Å². The lowest BCUT2D eigenvalue weighted by atomic mass is 9.94. The Balaban J connectivity index is 1.68. The summed E-state index contributed by atoms with van der Waals surface area (Å²) in [7, 11) is 0. The number of halogens is 2. The van der Waals surface area contributed by atoms with Gasteiger partial charge in [0, 0.05) is 53.9 Å². The van der Waals surface area contributed by atoms with Crippen LogP contribution in [0.1, 0.15) is 37.9 Å². The van der Waals surface area contributed by atoms with Gasteiger partial charge in [-0.25, -0.2) is 9.18 Å². The van der Waals surface area contributed by atoms with Crippen molar-refractivity contribution >= 4 is 34.2 Å². The van der Waals surface area contributed by atoms with Crippen LogP contribution in [0.3, 0.4) is 0 Å². The summed E-state index contributed by atoms with van der Waals surface area (Å²) in [5.41, 5.74) is 2.63. The van der Waals surface area contributed by atoms with Crippen LogP contribution in [-0.2, 0) is 11.4 Å². The molecule has 0 spiro atoms. The second-order valence-electron chi connectivity index (χ2n) is 10.7. The topological polar surface area (TPSA) is 80.6 Å². The first-order chi connectivity index (χ1) is 19.7. The Morgan fingerprint density at radius 1 is 1.22 bits per heavy atom. The molecule has 8 nitrogen and oxygen atoms in total. The van der Waals surface area contributed by atoms with Crippen LogP contribution in [-0.4, -0.2) is 51.0 Å². The van der Waals surface area contributed by atoms with Crippen molar-refractivity contribution in [3.05, 3.63) is 87.8 Å². The second kappa shape index (κ2) is 10.3. The lowest BCUT2D eigenvalue weighted by Crippen LogP contribution is -2.54. The molecule has 41 heavy (non-hydrogen) atoms. The van der Waals surface area contributed by atoms with Crippen molar-refractivity contribution in [2.75, 3.05) is 24.5 Å². The maximum atomic E-state index is 15.3. The lowest BCUT2D eigenvalue weighted by Gasteiger charge is -2.40. The molecule has 2 aliphatic rings. The number of carbonyl (C=O) groups excluding carboxylic acids is 1. The number of amides is 1. The molecule has 1 amide bonds. The third kappa shape index (κ3) is 4.35. The Kier molecular flexibility index (Phi) is 6.77. The van der Waals surface area contributed by atoms with Gasteiger partial charge in [0.1, 0.15) is 23.8 Å². The number of hydrogen-bond acceptors (Lipinski definition) is 6. The molecule has 10 heteroatoms. The zero-order valence-corrected chi connectivity index (χ0v) is 23.8. The molecule has 0 aliphatic carbocycles. The average molecular weight is 574 g/mol. The van der Waals surface area contributed by atoms with Gasteiger partial charge in [0.2, 0.25) is 5.91 Å². The molecular weight excluding hydrogens is 545 g/mol. The number of ether oxygens (including phenoxy) is 1. The average Bonchev–Trinajstić information content (AvgIpc) is 2.96. The molecule has 0 saturated carbocycles. The Hall–Kier alpha value is -4.24. The van der Waals surface area contributed by atoms with Crippen LogP contribution in [0.5, 0.6) is 5.75 Å².